The van der Waals surface area contributed by atoms with E-state index in [2.05, 4.69) is 104 Å². The number of fused-ring (bicyclic) bond motifs is 3. The topological polar surface area (TPSA) is 218 Å². The third-order valence-electron chi connectivity index (χ3n) is 17.6. The zero-order valence-corrected chi connectivity index (χ0v) is 50.6. The fraction of sp³-hybridized carbons (Fsp3) is 0.523. The summed E-state index contributed by atoms with van der Waals surface area (Å²) in [6, 6.07) is 29.2. The number of hydrogen-bond acceptors (Lipinski definition) is 18. The Balaban J connectivity index is 0.619. The van der Waals surface area contributed by atoms with E-state index in [-0.39, 0.29) is 36.1 Å². The van der Waals surface area contributed by atoms with Crippen molar-refractivity contribution in [1.82, 2.24) is 40.7 Å². The van der Waals surface area contributed by atoms with Crippen LogP contribution in [0.2, 0.25) is 0 Å². The van der Waals surface area contributed by atoms with Gasteiger partial charge in [0.15, 0.2) is 6.10 Å². The molecule has 3 saturated heterocycles. The predicted molar refractivity (Wildman–Crippen MR) is 331 cm³/mol. The molecule has 1 aliphatic carbocycles. The molecule has 21 heteroatoms. The van der Waals surface area contributed by atoms with Gasteiger partial charge in [-0.25, -0.2) is 9.78 Å². The van der Waals surface area contributed by atoms with Crippen LogP contribution in [-0.2, 0) is 41.5 Å². The number of aromatic nitrogens is 3. The Kier molecular flexibility index (Phi) is 20.4. The molecule has 4 aromatic carbocycles. The van der Waals surface area contributed by atoms with E-state index in [1.54, 1.807) is 11.3 Å². The quantitative estimate of drug-likeness (QED) is 0.0486. The number of likely N-dealkylation sites (N-methyl/N-ethyl adjacent to an activating group) is 1. The lowest BCUT2D eigenvalue weighted by Crippen LogP contribution is -2.54. The zero-order chi connectivity index (χ0) is 59.4. The number of benzene rings is 4. The Hall–Kier alpha value is -7.19. The monoisotopic (exact) mass is 1190 g/mol. The highest BCUT2D eigenvalue weighted by Gasteiger charge is 2.41. The van der Waals surface area contributed by atoms with Gasteiger partial charge in [0.25, 0.3) is 5.91 Å². The number of anilines is 2. The number of alkyl carbamates (subject to hydrolysis) is 1. The largest absolute Gasteiger partial charge is 0.491 e. The van der Waals surface area contributed by atoms with E-state index in [0.717, 1.165) is 134 Å². The van der Waals surface area contributed by atoms with Crippen molar-refractivity contribution in [3.63, 3.8) is 0 Å². The maximum atomic E-state index is 14.5. The van der Waals surface area contributed by atoms with E-state index in [4.69, 9.17) is 43.4 Å². The van der Waals surface area contributed by atoms with Crippen LogP contribution in [0.5, 0.6) is 11.8 Å². The molecule has 6 atom stereocenters. The SMILES string of the molecule is CNC(=O)OC(C)C(=O)NC(C(=O)N1CCC[C@H]1c1nc(-c2ccc(OCCOCCOCCO[C@@H]3C[C@@H](COc4nc5c(c(N6CCN[C@@H](CC#N)C6)n4)CCN(c4cccc6ccccc46)C5)N(C)C3)c3ccccc23)cs1)C1CCCCC1. The van der Waals surface area contributed by atoms with Gasteiger partial charge in [-0.3, -0.25) is 14.5 Å². The number of amides is 3. The second-order valence-electron chi connectivity index (χ2n) is 23.2. The van der Waals surface area contributed by atoms with Gasteiger partial charge in [0.05, 0.1) is 75.6 Å². The smallest absolute Gasteiger partial charge is 0.407 e. The van der Waals surface area contributed by atoms with Crippen molar-refractivity contribution < 1.29 is 42.8 Å². The fourth-order valence-electron chi connectivity index (χ4n) is 13.0. The fourth-order valence-corrected chi connectivity index (χ4v) is 14.0. The zero-order valence-electron chi connectivity index (χ0n) is 49.8. The Bertz CT molecular complexity index is 3330. The summed E-state index contributed by atoms with van der Waals surface area (Å²) in [5, 5.41) is 25.7. The lowest BCUT2D eigenvalue weighted by molar-refractivity contribution is -0.141. The molecule has 4 aliphatic heterocycles. The summed E-state index contributed by atoms with van der Waals surface area (Å²) in [4.78, 5) is 63.9. The molecule has 1 saturated carbocycles. The molecule has 6 heterocycles. The predicted octanol–water partition coefficient (Wildman–Crippen LogP) is 8.21. The summed E-state index contributed by atoms with van der Waals surface area (Å²) in [6.07, 6.45) is 6.81. The Labute approximate surface area is 507 Å². The van der Waals surface area contributed by atoms with E-state index in [9.17, 15) is 19.6 Å². The molecule has 2 unspecified atom stereocenters. The van der Waals surface area contributed by atoms with Gasteiger partial charge >= 0.3 is 12.1 Å². The van der Waals surface area contributed by atoms with Gasteiger partial charge in [-0.1, -0.05) is 79.9 Å². The number of nitrogens with one attached hydrogen (secondary N) is 3. The normalized spacial score (nSPS) is 20.8. The van der Waals surface area contributed by atoms with E-state index < -0.39 is 24.1 Å². The van der Waals surface area contributed by atoms with Crippen LogP contribution >= 0.6 is 11.3 Å². The molecule has 3 N–H and O–H groups in total. The van der Waals surface area contributed by atoms with Crippen molar-refractivity contribution in [2.24, 2.45) is 5.92 Å². The summed E-state index contributed by atoms with van der Waals surface area (Å²) < 4.78 is 36.1. The molecule has 11 rings (SSSR count). The Morgan fingerprint density at radius 1 is 0.814 bits per heavy atom. The van der Waals surface area contributed by atoms with E-state index in [0.29, 0.717) is 78.3 Å². The molecular formula is C65H81N11O9S. The maximum absolute atomic E-state index is 14.5. The number of carbonyl (C=O) groups is 3. The number of ether oxygens (including phenoxy) is 6. The molecule has 2 aromatic heterocycles. The summed E-state index contributed by atoms with van der Waals surface area (Å²) in [7, 11) is 3.55. The third-order valence-corrected chi connectivity index (χ3v) is 18.5. The van der Waals surface area contributed by atoms with Crippen LogP contribution in [0.4, 0.5) is 16.3 Å². The van der Waals surface area contributed by atoms with Crippen LogP contribution in [0.1, 0.15) is 87.0 Å². The van der Waals surface area contributed by atoms with Gasteiger partial charge < -0.3 is 59.1 Å². The molecule has 0 spiro atoms. The molecule has 6 aromatic rings. The number of hydrogen-bond donors (Lipinski definition) is 3. The number of piperazine rings is 1. The van der Waals surface area contributed by atoms with Gasteiger partial charge in [-0.15, -0.1) is 11.3 Å². The van der Waals surface area contributed by atoms with E-state index >= 15 is 0 Å². The van der Waals surface area contributed by atoms with Crippen LogP contribution in [-0.4, -0.2) is 173 Å². The summed E-state index contributed by atoms with van der Waals surface area (Å²) in [6.45, 7) is 9.68. The lowest BCUT2D eigenvalue weighted by atomic mass is 9.83. The number of rotatable bonds is 24. The number of nitriles is 1. The first kappa shape index (κ1) is 60.5. The summed E-state index contributed by atoms with van der Waals surface area (Å²) >= 11 is 1.55. The van der Waals surface area contributed by atoms with Gasteiger partial charge in [-0.05, 0) is 87.4 Å². The van der Waals surface area contributed by atoms with Gasteiger partial charge in [-0.2, -0.15) is 15.2 Å². The molecule has 3 amide bonds. The third kappa shape index (κ3) is 14.4. The van der Waals surface area contributed by atoms with Crippen LogP contribution < -0.4 is 35.2 Å². The number of thiazole rings is 1. The molecule has 4 fully saturated rings. The minimum Gasteiger partial charge on any atom is -0.491 e. The molecule has 0 bridgehead atoms. The molecule has 0 radical (unpaired) electrons. The van der Waals surface area contributed by atoms with Crippen molar-refractivity contribution >= 4 is 62.3 Å². The van der Waals surface area contributed by atoms with Crippen molar-refractivity contribution in [1.29, 1.82) is 5.26 Å². The van der Waals surface area contributed by atoms with Crippen molar-refractivity contribution in [3.05, 3.63) is 101 Å². The second kappa shape index (κ2) is 29.0. The highest BCUT2D eigenvalue weighted by molar-refractivity contribution is 7.10. The number of likely N-dealkylation sites (tertiary alicyclic amines) is 2. The van der Waals surface area contributed by atoms with E-state index in [1.807, 2.05) is 29.2 Å². The van der Waals surface area contributed by atoms with Crippen molar-refractivity contribution in [3.8, 4) is 29.1 Å². The second-order valence-corrected chi connectivity index (χ2v) is 24.1. The first-order valence-electron chi connectivity index (χ1n) is 30.8. The number of nitrogens with zero attached hydrogens (tertiary/aromatic N) is 8. The van der Waals surface area contributed by atoms with Crippen molar-refractivity contribution in [2.45, 2.75) is 114 Å². The molecule has 456 valence electrons. The molecule has 5 aliphatic rings. The first-order valence-corrected chi connectivity index (χ1v) is 31.7. The minimum atomic E-state index is -1.05. The van der Waals surface area contributed by atoms with Crippen LogP contribution in [0, 0.1) is 17.2 Å². The van der Waals surface area contributed by atoms with Crippen LogP contribution in [0.3, 0.4) is 0 Å². The average molecular weight is 1190 g/mol. The highest BCUT2D eigenvalue weighted by Crippen LogP contribution is 2.41. The van der Waals surface area contributed by atoms with Gasteiger partial charge in [0.1, 0.15) is 35.8 Å². The first-order chi connectivity index (χ1) is 42.1. The molecule has 86 heavy (non-hydrogen) atoms. The maximum Gasteiger partial charge on any atom is 0.407 e. The summed E-state index contributed by atoms with van der Waals surface area (Å²) in [5.74, 6) is 1.10. The average Bonchev–Trinajstić information content (AvgIpc) is 1.88. The number of carbonyl (C=O) groups excluding carboxylic acids is 3. The van der Waals surface area contributed by atoms with Gasteiger partial charge in [0, 0.05) is 91.4 Å². The van der Waals surface area contributed by atoms with E-state index in [1.165, 1.54) is 30.4 Å². The van der Waals surface area contributed by atoms with Crippen molar-refractivity contribution in [2.75, 3.05) is 109 Å². The molecular weight excluding hydrogens is 1110 g/mol. The Morgan fingerprint density at radius 2 is 1.59 bits per heavy atom. The lowest BCUT2D eigenvalue weighted by Gasteiger charge is -2.37. The van der Waals surface area contributed by atoms with Crippen LogP contribution in [0.25, 0.3) is 32.8 Å². The standard InChI is InChI=1S/C65H81N11O9S/c1-43(85-65(79)67-2)61(77)71-59(45-14-5-4-6-15-45)63(78)76-28-12-21-57(76)62-69-55(42-86-62)51-22-23-58(52-19-10-9-18-50(51)52)83-36-34-81-32-31-80-33-35-82-48-37-47(73(3)39-48)41-84-64-70-54-40-74(56-20-11-16-44-13-7-8-17-49(44)56)29-25-53(54)60(72-64)75-30-27-68-46(38-75)24-26-66/h7-11,13,16-20,22-23,42-43,45-48,57,59,68H,4-6,12,14-15,21,24-25,27-41H2,1-3H3,(H,67,79)(H,71,77)/t43?,46-,47-,48+,57-,59?/m0/s1. The summed E-state index contributed by atoms with van der Waals surface area (Å²) in [5.41, 5.74) is 5.16. The minimum absolute atomic E-state index is 0.00446. The molecule has 20 nitrogen and oxygen atoms in total. The van der Waals surface area contributed by atoms with Gasteiger partial charge in [0.2, 0.25) is 5.91 Å². The van der Waals surface area contributed by atoms with Crippen LogP contribution in [0.15, 0.2) is 84.2 Å². The highest BCUT2D eigenvalue weighted by atomic mass is 32.1. The Morgan fingerprint density at radius 3 is 2.42 bits per heavy atom.